The average Bonchev–Trinajstić information content (AvgIpc) is 2.54. The number of halogens is 2. The largest absolute Gasteiger partial charge is 0.421 e. The first-order valence-corrected chi connectivity index (χ1v) is 7.27. The molecule has 1 heterocycles. The minimum atomic E-state index is -1.17. The Morgan fingerprint density at radius 1 is 1.42 bits per heavy atom. The average molecular weight is 357 g/mol. The van der Waals surface area contributed by atoms with Gasteiger partial charge < -0.3 is 15.8 Å². The Balaban J connectivity index is 2.29. The molecule has 0 atom stereocenters. The van der Waals surface area contributed by atoms with E-state index < -0.39 is 28.5 Å². The van der Waals surface area contributed by atoms with Crippen LogP contribution in [0.25, 0.3) is 0 Å². The van der Waals surface area contributed by atoms with Crippen molar-refractivity contribution in [1.82, 2.24) is 15.0 Å². The summed E-state index contributed by atoms with van der Waals surface area (Å²) in [4.78, 5) is 37.8. The SMILES string of the molecule is CCNc1[nH]c(=O)n(O)c(=O)c1C(=O)NCc1ccc(Cl)c(F)c1. The smallest absolute Gasteiger partial charge is 0.363 e. The van der Waals surface area contributed by atoms with E-state index in [0.717, 1.165) is 6.07 Å². The molecule has 0 saturated carbocycles. The molecule has 0 aliphatic carbocycles. The summed E-state index contributed by atoms with van der Waals surface area (Å²) in [5.74, 6) is -1.60. The highest BCUT2D eigenvalue weighted by atomic mass is 35.5. The molecule has 0 radical (unpaired) electrons. The number of hydrogen-bond donors (Lipinski definition) is 4. The molecule has 1 aromatic carbocycles. The maximum Gasteiger partial charge on any atom is 0.363 e. The first-order valence-electron chi connectivity index (χ1n) is 6.89. The van der Waals surface area contributed by atoms with Gasteiger partial charge in [0.15, 0.2) is 0 Å². The van der Waals surface area contributed by atoms with E-state index in [4.69, 9.17) is 11.6 Å². The van der Waals surface area contributed by atoms with Gasteiger partial charge in [-0.2, -0.15) is 0 Å². The van der Waals surface area contributed by atoms with Crippen molar-refractivity contribution >= 4 is 23.3 Å². The number of aromatic nitrogens is 2. The summed E-state index contributed by atoms with van der Waals surface area (Å²) in [5.41, 5.74) is -2.29. The molecule has 0 fully saturated rings. The van der Waals surface area contributed by atoms with E-state index in [2.05, 4.69) is 15.6 Å². The van der Waals surface area contributed by atoms with Crippen molar-refractivity contribution < 1.29 is 14.4 Å². The van der Waals surface area contributed by atoms with E-state index in [-0.39, 0.29) is 22.1 Å². The molecule has 10 heteroatoms. The molecule has 0 spiro atoms. The number of hydrogen-bond acceptors (Lipinski definition) is 5. The molecule has 0 bridgehead atoms. The van der Waals surface area contributed by atoms with Crippen molar-refractivity contribution in [3.8, 4) is 0 Å². The molecule has 2 rings (SSSR count). The molecule has 8 nitrogen and oxygen atoms in total. The summed E-state index contributed by atoms with van der Waals surface area (Å²) in [6, 6.07) is 3.99. The Hall–Kier alpha value is -2.81. The lowest BCUT2D eigenvalue weighted by Crippen LogP contribution is -2.41. The number of carbonyl (C=O) groups is 1. The van der Waals surface area contributed by atoms with Crippen LogP contribution in [-0.4, -0.2) is 27.4 Å². The quantitative estimate of drug-likeness (QED) is 0.595. The maximum atomic E-state index is 13.4. The van der Waals surface area contributed by atoms with E-state index in [1.807, 2.05) is 0 Å². The zero-order valence-electron chi connectivity index (χ0n) is 12.5. The van der Waals surface area contributed by atoms with Crippen molar-refractivity contribution in [2.45, 2.75) is 13.5 Å². The van der Waals surface area contributed by atoms with Crippen LogP contribution in [0.2, 0.25) is 5.02 Å². The van der Waals surface area contributed by atoms with Crippen LogP contribution in [0.1, 0.15) is 22.8 Å². The normalized spacial score (nSPS) is 10.5. The molecule has 128 valence electrons. The van der Waals surface area contributed by atoms with Crippen molar-refractivity contribution in [2.24, 2.45) is 0 Å². The van der Waals surface area contributed by atoms with Gasteiger partial charge in [-0.25, -0.2) is 9.18 Å². The first kappa shape index (κ1) is 17.5. The molecule has 0 aliphatic heterocycles. The van der Waals surface area contributed by atoms with Gasteiger partial charge >= 0.3 is 11.2 Å². The molecule has 1 amide bonds. The zero-order valence-corrected chi connectivity index (χ0v) is 13.3. The molecule has 0 unspecified atom stereocenters. The summed E-state index contributed by atoms with van der Waals surface area (Å²) in [6.07, 6.45) is 0. The van der Waals surface area contributed by atoms with E-state index in [1.165, 1.54) is 12.1 Å². The monoisotopic (exact) mass is 356 g/mol. The van der Waals surface area contributed by atoms with Crippen molar-refractivity contribution in [1.29, 1.82) is 0 Å². The van der Waals surface area contributed by atoms with Gasteiger partial charge in [0, 0.05) is 13.1 Å². The molecule has 4 N–H and O–H groups in total. The number of benzene rings is 1. The third kappa shape index (κ3) is 3.57. The number of nitrogens with one attached hydrogen (secondary N) is 3. The molecule has 0 aliphatic rings. The lowest BCUT2D eigenvalue weighted by atomic mass is 10.2. The van der Waals surface area contributed by atoms with Gasteiger partial charge in [-0.1, -0.05) is 22.4 Å². The van der Waals surface area contributed by atoms with Crippen LogP contribution in [0.3, 0.4) is 0 Å². The number of nitrogens with zero attached hydrogens (tertiary/aromatic N) is 1. The zero-order chi connectivity index (χ0) is 17.9. The highest BCUT2D eigenvalue weighted by molar-refractivity contribution is 6.30. The topological polar surface area (TPSA) is 116 Å². The van der Waals surface area contributed by atoms with Gasteiger partial charge in [-0.15, -0.1) is 0 Å². The lowest BCUT2D eigenvalue weighted by molar-refractivity contribution is 0.0940. The summed E-state index contributed by atoms with van der Waals surface area (Å²) in [6.45, 7) is 1.94. The van der Waals surface area contributed by atoms with Crippen LogP contribution in [-0.2, 0) is 6.54 Å². The Morgan fingerprint density at radius 3 is 2.75 bits per heavy atom. The standard InChI is InChI=1S/C14H14ClFN4O4/c1-2-17-11-10(13(22)20(24)14(23)19-11)12(21)18-6-7-3-4-8(15)9(16)5-7/h3-5,17,24H,2,6H2,1H3,(H,18,21)(H,19,23). The van der Waals surface area contributed by atoms with Crippen molar-refractivity contribution in [3.05, 3.63) is 61.0 Å². The highest BCUT2D eigenvalue weighted by Crippen LogP contribution is 2.15. The van der Waals surface area contributed by atoms with E-state index in [1.54, 1.807) is 6.92 Å². The maximum absolute atomic E-state index is 13.4. The number of amides is 1. The first-order chi connectivity index (χ1) is 11.3. The van der Waals surface area contributed by atoms with Gasteiger partial charge in [0.2, 0.25) is 0 Å². The molecule has 24 heavy (non-hydrogen) atoms. The second-order valence-corrected chi connectivity index (χ2v) is 5.17. The van der Waals surface area contributed by atoms with Crippen LogP contribution in [0.4, 0.5) is 10.2 Å². The van der Waals surface area contributed by atoms with Crippen LogP contribution in [0, 0.1) is 5.82 Å². The minimum Gasteiger partial charge on any atom is -0.421 e. The summed E-state index contributed by atoms with van der Waals surface area (Å²) in [7, 11) is 0. The minimum absolute atomic E-state index is 0.0525. The Bertz CT molecular complexity index is 893. The van der Waals surface area contributed by atoms with Gasteiger partial charge in [-0.3, -0.25) is 14.6 Å². The van der Waals surface area contributed by atoms with Crippen LogP contribution in [0.5, 0.6) is 0 Å². The third-order valence-corrected chi connectivity index (χ3v) is 3.40. The van der Waals surface area contributed by atoms with E-state index >= 15 is 0 Å². The number of H-pyrrole nitrogens is 1. The molecule has 0 saturated heterocycles. The fraction of sp³-hybridized carbons (Fsp3) is 0.214. The predicted molar refractivity (Wildman–Crippen MR) is 85.3 cm³/mol. The summed E-state index contributed by atoms with van der Waals surface area (Å²) < 4.78 is 13.2. The summed E-state index contributed by atoms with van der Waals surface area (Å²) in [5, 5.41) is 14.4. The molecular formula is C14H14ClFN4O4. The number of rotatable bonds is 5. The molecule has 2 aromatic rings. The molecular weight excluding hydrogens is 343 g/mol. The van der Waals surface area contributed by atoms with Crippen LogP contribution in [0.15, 0.2) is 27.8 Å². The summed E-state index contributed by atoms with van der Waals surface area (Å²) >= 11 is 5.57. The van der Waals surface area contributed by atoms with E-state index in [0.29, 0.717) is 12.1 Å². The van der Waals surface area contributed by atoms with Crippen LogP contribution < -0.4 is 21.9 Å². The van der Waals surface area contributed by atoms with Crippen LogP contribution >= 0.6 is 11.6 Å². The van der Waals surface area contributed by atoms with Gasteiger partial charge in [-0.05, 0) is 24.6 Å². The highest BCUT2D eigenvalue weighted by Gasteiger charge is 2.20. The van der Waals surface area contributed by atoms with Gasteiger partial charge in [0.05, 0.1) is 5.02 Å². The van der Waals surface area contributed by atoms with E-state index in [9.17, 15) is 24.0 Å². The second kappa shape index (κ2) is 7.18. The Kier molecular flexibility index (Phi) is 5.24. The number of carbonyl (C=O) groups excluding carboxylic acids is 1. The Morgan fingerprint density at radius 2 is 2.12 bits per heavy atom. The number of aromatic amines is 1. The fourth-order valence-electron chi connectivity index (χ4n) is 1.97. The van der Waals surface area contributed by atoms with Gasteiger partial charge in [0.25, 0.3) is 5.91 Å². The van der Waals surface area contributed by atoms with Gasteiger partial charge in [0.1, 0.15) is 17.2 Å². The fourth-order valence-corrected chi connectivity index (χ4v) is 2.09. The molecule has 1 aromatic heterocycles. The van der Waals surface area contributed by atoms with Crippen molar-refractivity contribution in [2.75, 3.05) is 11.9 Å². The lowest BCUT2D eigenvalue weighted by Gasteiger charge is -2.11. The second-order valence-electron chi connectivity index (χ2n) is 4.76. The number of anilines is 1. The predicted octanol–water partition coefficient (Wildman–Crippen LogP) is 0.928. The Labute approximate surface area is 139 Å². The van der Waals surface area contributed by atoms with Crippen molar-refractivity contribution in [3.63, 3.8) is 0 Å². The third-order valence-electron chi connectivity index (χ3n) is 3.10.